The van der Waals surface area contributed by atoms with Gasteiger partial charge in [-0.15, -0.1) is 0 Å². The van der Waals surface area contributed by atoms with Gasteiger partial charge in [-0.3, -0.25) is 14.5 Å². The smallest absolute Gasteiger partial charge is 0.317 e. The van der Waals surface area contributed by atoms with Crippen molar-refractivity contribution in [3.8, 4) is 0 Å². The van der Waals surface area contributed by atoms with Gasteiger partial charge < -0.3 is 10.4 Å². The molecule has 1 amide bonds. The maximum atomic E-state index is 12.7. The zero-order chi connectivity index (χ0) is 15.0. The lowest BCUT2D eigenvalue weighted by molar-refractivity contribution is -0.138. The summed E-state index contributed by atoms with van der Waals surface area (Å²) in [7, 11) is 0. The number of likely N-dealkylation sites (N-methyl/N-ethyl adjacent to an activating group) is 1. The summed E-state index contributed by atoms with van der Waals surface area (Å²) in [6, 6.07) is 6.10. The van der Waals surface area contributed by atoms with Gasteiger partial charge in [-0.1, -0.05) is 19.1 Å². The van der Waals surface area contributed by atoms with Crippen LogP contribution < -0.4 is 5.32 Å². The first kappa shape index (κ1) is 16.1. The van der Waals surface area contributed by atoms with E-state index in [0.29, 0.717) is 19.5 Å². The third-order valence-electron chi connectivity index (χ3n) is 2.82. The van der Waals surface area contributed by atoms with Gasteiger partial charge in [0.15, 0.2) is 0 Å². The maximum absolute atomic E-state index is 12.7. The topological polar surface area (TPSA) is 69.6 Å². The fraction of sp³-hybridized carbons (Fsp3) is 0.429. The minimum absolute atomic E-state index is 0.0617. The van der Waals surface area contributed by atoms with Crippen LogP contribution in [0.2, 0.25) is 0 Å². The largest absolute Gasteiger partial charge is 0.480 e. The third kappa shape index (κ3) is 6.29. The van der Waals surface area contributed by atoms with Crippen LogP contribution in [0.1, 0.15) is 12.5 Å². The predicted octanol–water partition coefficient (Wildman–Crippen LogP) is 0.891. The van der Waals surface area contributed by atoms with Gasteiger partial charge in [-0.2, -0.15) is 0 Å². The number of hydrogen-bond donors (Lipinski definition) is 2. The Morgan fingerprint density at radius 3 is 2.45 bits per heavy atom. The Kier molecular flexibility index (Phi) is 6.66. The second-order valence-electron chi connectivity index (χ2n) is 4.42. The first-order chi connectivity index (χ1) is 9.51. The molecule has 1 aromatic carbocycles. The van der Waals surface area contributed by atoms with Crippen LogP contribution in [-0.2, 0) is 16.0 Å². The Morgan fingerprint density at radius 1 is 1.25 bits per heavy atom. The van der Waals surface area contributed by atoms with E-state index in [0.717, 1.165) is 5.56 Å². The summed E-state index contributed by atoms with van der Waals surface area (Å²) in [6.07, 6.45) is 0.608. The first-order valence-corrected chi connectivity index (χ1v) is 6.46. The maximum Gasteiger partial charge on any atom is 0.317 e. The minimum Gasteiger partial charge on any atom is -0.480 e. The Bertz CT molecular complexity index is 448. The quantitative estimate of drug-likeness (QED) is 0.743. The number of carboxylic acids is 1. The molecule has 0 aliphatic heterocycles. The molecular weight excluding hydrogens is 263 g/mol. The van der Waals surface area contributed by atoms with Crippen LogP contribution in [0.3, 0.4) is 0 Å². The molecule has 0 unspecified atom stereocenters. The lowest BCUT2D eigenvalue weighted by atomic mass is 10.1. The molecule has 1 rings (SSSR count). The summed E-state index contributed by atoms with van der Waals surface area (Å²) in [5, 5.41) is 11.4. The molecule has 0 aliphatic rings. The normalized spacial score (nSPS) is 10.6. The second-order valence-corrected chi connectivity index (χ2v) is 4.42. The van der Waals surface area contributed by atoms with Gasteiger partial charge in [-0.25, -0.2) is 4.39 Å². The van der Waals surface area contributed by atoms with Crippen LogP contribution in [0.5, 0.6) is 0 Å². The van der Waals surface area contributed by atoms with E-state index in [1.165, 1.54) is 17.0 Å². The highest BCUT2D eigenvalue weighted by Crippen LogP contribution is 2.02. The van der Waals surface area contributed by atoms with Gasteiger partial charge in [-0.05, 0) is 30.7 Å². The van der Waals surface area contributed by atoms with Crippen LogP contribution in [0.15, 0.2) is 24.3 Å². The highest BCUT2D eigenvalue weighted by molar-refractivity contribution is 5.79. The van der Waals surface area contributed by atoms with Crippen molar-refractivity contribution in [1.82, 2.24) is 10.2 Å². The predicted molar refractivity (Wildman–Crippen MR) is 72.9 cm³/mol. The summed E-state index contributed by atoms with van der Waals surface area (Å²) in [4.78, 5) is 23.7. The molecule has 0 spiro atoms. The highest BCUT2D eigenvalue weighted by Gasteiger charge is 2.11. The van der Waals surface area contributed by atoms with Gasteiger partial charge in [0, 0.05) is 6.54 Å². The van der Waals surface area contributed by atoms with E-state index in [1.807, 2.05) is 0 Å². The molecule has 110 valence electrons. The van der Waals surface area contributed by atoms with Crippen LogP contribution in [0.25, 0.3) is 0 Å². The number of nitrogens with zero attached hydrogens (tertiary/aromatic N) is 1. The average molecular weight is 282 g/mol. The van der Waals surface area contributed by atoms with E-state index in [-0.39, 0.29) is 24.8 Å². The minimum atomic E-state index is -0.953. The molecule has 0 heterocycles. The Hall–Kier alpha value is -1.95. The molecule has 0 saturated carbocycles. The lowest BCUT2D eigenvalue weighted by Crippen LogP contribution is -2.40. The van der Waals surface area contributed by atoms with E-state index in [1.54, 1.807) is 19.1 Å². The van der Waals surface area contributed by atoms with E-state index >= 15 is 0 Å². The van der Waals surface area contributed by atoms with Crippen LogP contribution in [-0.4, -0.2) is 48.1 Å². The molecule has 5 nitrogen and oxygen atoms in total. The van der Waals surface area contributed by atoms with Gasteiger partial charge in [0.05, 0.1) is 13.1 Å². The zero-order valence-electron chi connectivity index (χ0n) is 11.4. The molecule has 1 aromatic rings. The fourth-order valence-electron chi connectivity index (χ4n) is 1.73. The molecule has 0 aliphatic carbocycles. The number of nitrogens with one attached hydrogen (secondary N) is 1. The molecule has 0 aromatic heterocycles. The van der Waals surface area contributed by atoms with Crippen molar-refractivity contribution >= 4 is 11.9 Å². The number of rotatable bonds is 8. The number of carboxylic acid groups (broad SMARTS) is 1. The molecule has 0 atom stereocenters. The standard InChI is InChI=1S/C14H19FN2O3/c1-2-17(10-14(19)20)9-13(18)16-8-7-11-3-5-12(15)6-4-11/h3-6H,2,7-10H2,1H3,(H,16,18)(H,19,20). The molecular formula is C14H19FN2O3. The van der Waals surface area contributed by atoms with Crippen molar-refractivity contribution < 1.29 is 19.1 Å². The second kappa shape index (κ2) is 8.27. The summed E-state index contributed by atoms with van der Waals surface area (Å²) < 4.78 is 12.7. The van der Waals surface area contributed by atoms with Crippen molar-refractivity contribution in [3.63, 3.8) is 0 Å². The first-order valence-electron chi connectivity index (χ1n) is 6.46. The van der Waals surface area contributed by atoms with Gasteiger partial charge in [0.2, 0.25) is 5.91 Å². The van der Waals surface area contributed by atoms with Crippen molar-refractivity contribution in [2.75, 3.05) is 26.2 Å². The lowest BCUT2D eigenvalue weighted by Gasteiger charge is -2.17. The number of carbonyl (C=O) groups excluding carboxylic acids is 1. The molecule has 0 bridgehead atoms. The van der Waals surface area contributed by atoms with E-state index in [2.05, 4.69) is 5.32 Å². The van der Waals surface area contributed by atoms with Crippen LogP contribution >= 0.6 is 0 Å². The van der Waals surface area contributed by atoms with Crippen LogP contribution in [0.4, 0.5) is 4.39 Å². The summed E-state index contributed by atoms with van der Waals surface area (Å²) in [5.74, 6) is -1.45. The zero-order valence-corrected chi connectivity index (χ0v) is 11.4. The monoisotopic (exact) mass is 282 g/mol. The van der Waals surface area contributed by atoms with Crippen molar-refractivity contribution in [3.05, 3.63) is 35.6 Å². The van der Waals surface area contributed by atoms with E-state index < -0.39 is 5.97 Å². The molecule has 2 N–H and O–H groups in total. The number of halogens is 1. The summed E-state index contributed by atoms with van der Waals surface area (Å²) >= 11 is 0. The Labute approximate surface area is 117 Å². The van der Waals surface area contributed by atoms with Crippen molar-refractivity contribution in [1.29, 1.82) is 0 Å². The fourth-order valence-corrected chi connectivity index (χ4v) is 1.73. The Morgan fingerprint density at radius 2 is 1.90 bits per heavy atom. The van der Waals surface area contributed by atoms with Gasteiger partial charge in [0.25, 0.3) is 0 Å². The summed E-state index contributed by atoms with van der Waals surface area (Å²) in [5.41, 5.74) is 0.935. The number of amides is 1. The van der Waals surface area contributed by atoms with Crippen molar-refractivity contribution in [2.24, 2.45) is 0 Å². The molecule has 0 radical (unpaired) electrons. The molecule has 0 fully saturated rings. The van der Waals surface area contributed by atoms with Crippen LogP contribution in [0, 0.1) is 5.82 Å². The van der Waals surface area contributed by atoms with Crippen molar-refractivity contribution in [2.45, 2.75) is 13.3 Å². The number of carbonyl (C=O) groups is 2. The third-order valence-corrected chi connectivity index (χ3v) is 2.82. The molecule has 6 heteroatoms. The average Bonchev–Trinajstić information content (AvgIpc) is 2.39. The van der Waals surface area contributed by atoms with E-state index in [4.69, 9.17) is 5.11 Å². The van der Waals surface area contributed by atoms with Gasteiger partial charge in [0.1, 0.15) is 5.82 Å². The van der Waals surface area contributed by atoms with Gasteiger partial charge >= 0.3 is 5.97 Å². The summed E-state index contributed by atoms with van der Waals surface area (Å²) in [6.45, 7) is 2.65. The van der Waals surface area contributed by atoms with E-state index in [9.17, 15) is 14.0 Å². The Balaban J connectivity index is 2.28. The number of aliphatic carboxylic acids is 1. The molecule has 20 heavy (non-hydrogen) atoms. The molecule has 0 saturated heterocycles. The highest BCUT2D eigenvalue weighted by atomic mass is 19.1. The SMILES string of the molecule is CCN(CC(=O)O)CC(=O)NCCc1ccc(F)cc1. The number of hydrogen-bond acceptors (Lipinski definition) is 3. The number of benzene rings is 1.